The molecular weight excluding hydrogens is 317 g/mol. The smallest absolute Gasteiger partial charge is 0.258 e. The van der Waals surface area contributed by atoms with E-state index >= 15 is 0 Å². The van der Waals surface area contributed by atoms with Gasteiger partial charge in [0.15, 0.2) is 5.13 Å². The van der Waals surface area contributed by atoms with Crippen LogP contribution in [0.25, 0.3) is 0 Å². The molecule has 3 aromatic rings. The Labute approximate surface area is 135 Å². The number of halogens is 1. The number of nitrogens with zero attached hydrogens (tertiary/aromatic N) is 2. The molecular formula is C16H12FN3O2S. The third kappa shape index (κ3) is 3.51. The highest BCUT2D eigenvalue weighted by Gasteiger charge is 2.10. The lowest BCUT2D eigenvalue weighted by molar-refractivity contribution is 0.102. The van der Waals surface area contributed by atoms with Crippen LogP contribution in [0.1, 0.15) is 15.9 Å². The van der Waals surface area contributed by atoms with Crippen LogP contribution in [0.2, 0.25) is 0 Å². The van der Waals surface area contributed by atoms with Crippen molar-refractivity contribution in [2.45, 2.75) is 6.54 Å². The van der Waals surface area contributed by atoms with E-state index < -0.39 is 5.82 Å². The summed E-state index contributed by atoms with van der Waals surface area (Å²) in [7, 11) is 0. The maximum atomic E-state index is 13.7. The van der Waals surface area contributed by atoms with Crippen LogP contribution in [0.5, 0.6) is 0 Å². The highest BCUT2D eigenvalue weighted by molar-refractivity contribution is 7.13. The molecule has 116 valence electrons. The number of hydrogen-bond donors (Lipinski definition) is 1. The molecule has 0 saturated carbocycles. The molecule has 2 heterocycles. The molecule has 0 radical (unpaired) electrons. The van der Waals surface area contributed by atoms with Gasteiger partial charge in [-0.1, -0.05) is 18.2 Å². The zero-order valence-corrected chi connectivity index (χ0v) is 12.7. The average molecular weight is 329 g/mol. The zero-order chi connectivity index (χ0) is 16.2. The van der Waals surface area contributed by atoms with Crippen LogP contribution < -0.4 is 10.9 Å². The first-order valence-corrected chi connectivity index (χ1v) is 7.66. The number of rotatable bonds is 4. The van der Waals surface area contributed by atoms with Crippen LogP contribution in [0.3, 0.4) is 0 Å². The van der Waals surface area contributed by atoms with E-state index in [-0.39, 0.29) is 18.0 Å². The zero-order valence-electron chi connectivity index (χ0n) is 11.9. The molecule has 3 rings (SSSR count). The number of anilines is 1. The van der Waals surface area contributed by atoms with Gasteiger partial charge in [0.2, 0.25) is 0 Å². The maximum absolute atomic E-state index is 13.7. The Kier molecular flexibility index (Phi) is 4.29. The summed E-state index contributed by atoms with van der Waals surface area (Å²) in [6.07, 6.45) is 3.00. The first-order chi connectivity index (χ1) is 11.1. The molecule has 0 fully saturated rings. The number of amides is 1. The third-order valence-corrected chi connectivity index (χ3v) is 3.89. The summed E-state index contributed by atoms with van der Waals surface area (Å²) in [6, 6.07) is 8.94. The van der Waals surface area contributed by atoms with Crippen LogP contribution in [0, 0.1) is 5.82 Å². The lowest BCUT2D eigenvalue weighted by Crippen LogP contribution is -2.23. The molecule has 2 aromatic heterocycles. The molecule has 7 heteroatoms. The summed E-state index contributed by atoms with van der Waals surface area (Å²) in [5, 5.41) is 4.86. The number of thiazole rings is 1. The first kappa shape index (κ1) is 15.1. The minimum atomic E-state index is -0.392. The summed E-state index contributed by atoms with van der Waals surface area (Å²) in [5.41, 5.74) is 0.377. The second-order valence-electron chi connectivity index (χ2n) is 4.77. The third-order valence-electron chi connectivity index (χ3n) is 3.20. The van der Waals surface area contributed by atoms with Crippen molar-refractivity contribution in [3.63, 3.8) is 0 Å². The van der Waals surface area contributed by atoms with Gasteiger partial charge in [-0.15, -0.1) is 11.3 Å². The van der Waals surface area contributed by atoms with Crippen molar-refractivity contribution in [2.75, 3.05) is 5.32 Å². The van der Waals surface area contributed by atoms with Crippen LogP contribution in [-0.4, -0.2) is 15.5 Å². The largest absolute Gasteiger partial charge is 0.310 e. The second kappa shape index (κ2) is 6.53. The predicted octanol–water partition coefficient (Wildman–Crippen LogP) is 2.74. The van der Waals surface area contributed by atoms with Gasteiger partial charge in [0.25, 0.3) is 11.5 Å². The standard InChI is InChI=1S/C16H12FN3O2S/c17-13-4-2-1-3-11(13)9-20-10-12(5-6-14(20)21)15(22)19-16-18-7-8-23-16/h1-8,10H,9H2,(H,18,19,22). The molecule has 1 N–H and O–H groups in total. The Morgan fingerprint density at radius 3 is 2.83 bits per heavy atom. The lowest BCUT2D eigenvalue weighted by Gasteiger charge is -2.09. The lowest BCUT2D eigenvalue weighted by atomic mass is 10.2. The van der Waals surface area contributed by atoms with Gasteiger partial charge in [-0.2, -0.15) is 0 Å². The quantitative estimate of drug-likeness (QED) is 0.800. The second-order valence-corrected chi connectivity index (χ2v) is 5.66. The minimum absolute atomic E-state index is 0.0594. The fourth-order valence-corrected chi connectivity index (χ4v) is 2.58. The summed E-state index contributed by atoms with van der Waals surface area (Å²) < 4.78 is 15.0. The Bertz CT molecular complexity index is 890. The van der Waals surface area contributed by atoms with Crippen molar-refractivity contribution in [3.8, 4) is 0 Å². The van der Waals surface area contributed by atoms with Gasteiger partial charge in [0, 0.05) is 29.4 Å². The van der Waals surface area contributed by atoms with Gasteiger partial charge < -0.3 is 4.57 Å². The van der Waals surface area contributed by atoms with Crippen molar-refractivity contribution in [1.82, 2.24) is 9.55 Å². The fourth-order valence-electron chi connectivity index (χ4n) is 2.05. The summed E-state index contributed by atoms with van der Waals surface area (Å²) in [6.45, 7) is 0.0594. The van der Waals surface area contributed by atoms with Gasteiger partial charge in [0.05, 0.1) is 12.1 Å². The first-order valence-electron chi connectivity index (χ1n) is 6.78. The molecule has 5 nitrogen and oxygen atoms in total. The number of hydrogen-bond acceptors (Lipinski definition) is 4. The molecule has 23 heavy (non-hydrogen) atoms. The summed E-state index contributed by atoms with van der Waals surface area (Å²) in [5.74, 6) is -0.765. The van der Waals surface area contributed by atoms with E-state index in [2.05, 4.69) is 10.3 Å². The van der Waals surface area contributed by atoms with E-state index in [0.29, 0.717) is 16.3 Å². The van der Waals surface area contributed by atoms with Gasteiger partial charge >= 0.3 is 0 Å². The number of pyridine rings is 1. The van der Waals surface area contributed by atoms with Crippen molar-refractivity contribution in [2.24, 2.45) is 0 Å². The highest BCUT2D eigenvalue weighted by Crippen LogP contribution is 2.12. The van der Waals surface area contributed by atoms with Crippen LogP contribution in [-0.2, 0) is 6.54 Å². The molecule has 0 atom stereocenters. The van der Waals surface area contributed by atoms with Crippen molar-refractivity contribution in [3.05, 3.63) is 81.5 Å². The average Bonchev–Trinajstić information content (AvgIpc) is 3.04. The topological polar surface area (TPSA) is 64.0 Å². The Morgan fingerprint density at radius 2 is 2.09 bits per heavy atom. The Hall–Kier alpha value is -2.80. The van der Waals surface area contributed by atoms with E-state index in [1.807, 2.05) is 0 Å². The summed E-state index contributed by atoms with van der Waals surface area (Å²) in [4.78, 5) is 28.1. The van der Waals surface area contributed by atoms with Crippen LogP contribution in [0.15, 0.2) is 59.0 Å². The Morgan fingerprint density at radius 1 is 1.26 bits per heavy atom. The normalized spacial score (nSPS) is 10.5. The van der Waals surface area contributed by atoms with E-state index in [1.165, 1.54) is 40.3 Å². The highest BCUT2D eigenvalue weighted by atomic mass is 32.1. The summed E-state index contributed by atoms with van der Waals surface area (Å²) >= 11 is 1.30. The molecule has 1 aromatic carbocycles. The van der Waals surface area contributed by atoms with E-state index in [0.717, 1.165) is 0 Å². The van der Waals surface area contributed by atoms with Gasteiger partial charge in [0.1, 0.15) is 5.82 Å². The van der Waals surface area contributed by atoms with Gasteiger partial charge in [-0.25, -0.2) is 9.37 Å². The predicted molar refractivity (Wildman–Crippen MR) is 86.3 cm³/mol. The van der Waals surface area contributed by atoms with E-state index in [9.17, 15) is 14.0 Å². The molecule has 0 unspecified atom stereocenters. The molecule has 1 amide bonds. The molecule has 0 bridgehead atoms. The van der Waals surface area contributed by atoms with Crippen molar-refractivity contribution < 1.29 is 9.18 Å². The van der Waals surface area contributed by atoms with Gasteiger partial charge in [-0.05, 0) is 12.1 Å². The molecule has 0 aliphatic heterocycles. The van der Waals surface area contributed by atoms with Gasteiger partial charge in [-0.3, -0.25) is 14.9 Å². The van der Waals surface area contributed by atoms with E-state index in [4.69, 9.17) is 0 Å². The van der Waals surface area contributed by atoms with Crippen molar-refractivity contribution >= 4 is 22.4 Å². The minimum Gasteiger partial charge on any atom is -0.310 e. The Balaban J connectivity index is 1.86. The number of carbonyl (C=O) groups excluding carboxylic acids is 1. The number of benzene rings is 1. The monoisotopic (exact) mass is 329 g/mol. The fraction of sp³-hybridized carbons (Fsp3) is 0.0625. The molecule has 0 aliphatic carbocycles. The molecule has 0 aliphatic rings. The SMILES string of the molecule is O=C(Nc1nccs1)c1ccc(=O)n(Cc2ccccc2F)c1. The van der Waals surface area contributed by atoms with E-state index in [1.54, 1.807) is 29.8 Å². The molecule has 0 spiro atoms. The van der Waals surface area contributed by atoms with Crippen LogP contribution >= 0.6 is 11.3 Å². The molecule has 0 saturated heterocycles. The number of aromatic nitrogens is 2. The van der Waals surface area contributed by atoms with Crippen molar-refractivity contribution in [1.29, 1.82) is 0 Å². The number of carbonyl (C=O) groups is 1. The maximum Gasteiger partial charge on any atom is 0.258 e. The number of nitrogens with one attached hydrogen (secondary N) is 1. The van der Waals surface area contributed by atoms with Crippen LogP contribution in [0.4, 0.5) is 9.52 Å².